The van der Waals surface area contributed by atoms with E-state index in [1.807, 2.05) is 14.7 Å². The largest absolute Gasteiger partial charge is 0.465 e. The van der Waals surface area contributed by atoms with Crippen molar-refractivity contribution in [1.82, 2.24) is 34.8 Å². The number of anilines is 4. The number of urea groups is 1. The van der Waals surface area contributed by atoms with Crippen molar-refractivity contribution in [1.29, 1.82) is 0 Å². The molecule has 4 amide bonds. The van der Waals surface area contributed by atoms with E-state index in [-0.39, 0.29) is 23.6 Å². The van der Waals surface area contributed by atoms with Crippen LogP contribution in [0.1, 0.15) is 29.8 Å². The van der Waals surface area contributed by atoms with Gasteiger partial charge in [0.25, 0.3) is 5.91 Å². The molecule has 1 aromatic heterocycles. The molecule has 0 bridgehead atoms. The molecule has 6 rings (SSSR count). The molecule has 16 heteroatoms. The van der Waals surface area contributed by atoms with Gasteiger partial charge < -0.3 is 40.7 Å². The molecule has 45 heavy (non-hydrogen) atoms. The number of nitrogens with two attached hydrogens (primary N) is 1. The number of likely N-dealkylation sites (tertiary alicyclic amines) is 1. The van der Waals surface area contributed by atoms with E-state index in [1.54, 1.807) is 24.1 Å². The first-order valence-corrected chi connectivity index (χ1v) is 15.5. The number of nitrogens with zero attached hydrogens (tertiary/aromatic N) is 9. The van der Waals surface area contributed by atoms with E-state index >= 15 is 4.39 Å². The van der Waals surface area contributed by atoms with Gasteiger partial charge in [0.2, 0.25) is 5.95 Å². The van der Waals surface area contributed by atoms with Gasteiger partial charge in [0.1, 0.15) is 5.82 Å². The van der Waals surface area contributed by atoms with Crippen molar-refractivity contribution in [3.63, 3.8) is 0 Å². The van der Waals surface area contributed by atoms with Crippen LogP contribution in [0.2, 0.25) is 0 Å². The summed E-state index contributed by atoms with van der Waals surface area (Å²) in [5.41, 5.74) is 6.28. The van der Waals surface area contributed by atoms with Crippen LogP contribution < -0.4 is 20.9 Å². The van der Waals surface area contributed by atoms with E-state index in [2.05, 4.69) is 25.4 Å². The maximum atomic E-state index is 15.4. The molecule has 0 spiro atoms. The Morgan fingerprint density at radius 3 is 2.49 bits per heavy atom. The van der Waals surface area contributed by atoms with Crippen LogP contribution in [0.25, 0.3) is 0 Å². The smallest absolute Gasteiger partial charge is 0.407 e. The second-order valence-electron chi connectivity index (χ2n) is 12.3. The summed E-state index contributed by atoms with van der Waals surface area (Å²) in [6.07, 6.45) is 1.72. The van der Waals surface area contributed by atoms with Gasteiger partial charge in [-0.3, -0.25) is 9.69 Å². The number of likely N-dealkylation sites (N-methyl/N-ethyl adjacent to an activating group) is 1. The molecule has 0 aliphatic carbocycles. The molecule has 0 saturated carbocycles. The van der Waals surface area contributed by atoms with Gasteiger partial charge in [-0.15, -0.1) is 10.2 Å². The summed E-state index contributed by atoms with van der Waals surface area (Å²) in [5, 5.41) is 20.4. The molecule has 4 aliphatic heterocycles. The van der Waals surface area contributed by atoms with Gasteiger partial charge in [-0.05, 0) is 43.4 Å². The lowest BCUT2D eigenvalue weighted by Crippen LogP contribution is -2.49. The number of hydrogen-bond acceptors (Lipinski definition) is 10. The monoisotopic (exact) mass is 625 g/mol. The first-order chi connectivity index (χ1) is 21.7. The zero-order chi connectivity index (χ0) is 31.7. The molecule has 242 valence electrons. The van der Waals surface area contributed by atoms with Crippen molar-refractivity contribution in [2.24, 2.45) is 11.7 Å². The third kappa shape index (κ3) is 6.65. The topological polar surface area (TPSA) is 168 Å². The summed E-state index contributed by atoms with van der Waals surface area (Å²) in [5.74, 6) is -0.515. The van der Waals surface area contributed by atoms with Crippen LogP contribution in [0.4, 0.5) is 37.1 Å². The van der Waals surface area contributed by atoms with Gasteiger partial charge in [0, 0.05) is 84.7 Å². The summed E-state index contributed by atoms with van der Waals surface area (Å²) in [6.45, 7) is 7.39. The summed E-state index contributed by atoms with van der Waals surface area (Å²) < 4.78 is 15.4. The van der Waals surface area contributed by atoms with Crippen LogP contribution in [0.5, 0.6) is 0 Å². The minimum absolute atomic E-state index is 0.0118. The fourth-order valence-corrected chi connectivity index (χ4v) is 6.77. The van der Waals surface area contributed by atoms with Crippen molar-refractivity contribution in [3.8, 4) is 0 Å². The zero-order valence-electron chi connectivity index (χ0n) is 25.4. The predicted molar refractivity (Wildman–Crippen MR) is 164 cm³/mol. The average molecular weight is 626 g/mol. The molecular formula is C29H40FN11O4. The molecule has 1 unspecified atom stereocenters. The highest BCUT2D eigenvalue weighted by Crippen LogP contribution is 2.28. The molecule has 4 fully saturated rings. The maximum absolute atomic E-state index is 15.4. The molecule has 4 saturated heterocycles. The Hall–Kier alpha value is -4.47. The minimum Gasteiger partial charge on any atom is -0.465 e. The Balaban J connectivity index is 1.09. The highest BCUT2D eigenvalue weighted by Gasteiger charge is 2.35. The molecule has 5 heterocycles. The van der Waals surface area contributed by atoms with Gasteiger partial charge >= 0.3 is 12.1 Å². The first-order valence-electron chi connectivity index (χ1n) is 15.5. The Morgan fingerprint density at radius 2 is 1.82 bits per heavy atom. The van der Waals surface area contributed by atoms with E-state index in [1.165, 1.54) is 11.0 Å². The van der Waals surface area contributed by atoms with Crippen LogP contribution >= 0.6 is 0 Å². The van der Waals surface area contributed by atoms with E-state index in [9.17, 15) is 19.5 Å². The fourth-order valence-electron chi connectivity index (χ4n) is 6.77. The summed E-state index contributed by atoms with van der Waals surface area (Å²) in [4.78, 5) is 51.8. The number of halogens is 1. The number of amides is 4. The number of carbonyl (C=O) groups excluding carboxylic acids is 2. The Labute approximate surface area is 260 Å². The van der Waals surface area contributed by atoms with E-state index in [0.29, 0.717) is 75.6 Å². The van der Waals surface area contributed by atoms with E-state index in [4.69, 9.17) is 5.73 Å². The maximum Gasteiger partial charge on any atom is 0.407 e. The lowest BCUT2D eigenvalue weighted by Gasteiger charge is -2.37. The summed E-state index contributed by atoms with van der Waals surface area (Å²) in [6, 6.07) is 4.81. The van der Waals surface area contributed by atoms with Gasteiger partial charge in [-0.1, -0.05) is 0 Å². The third-order valence-electron chi connectivity index (χ3n) is 9.27. The number of primary amides is 1. The second kappa shape index (κ2) is 12.9. The van der Waals surface area contributed by atoms with E-state index < -0.39 is 17.8 Å². The summed E-state index contributed by atoms with van der Waals surface area (Å²) >= 11 is 0. The highest BCUT2D eigenvalue weighted by molar-refractivity contribution is 5.96. The third-order valence-corrected chi connectivity index (χ3v) is 9.27. The SMILES string of the molecule is CN1CCN([C@@H]2CCCN(c3nnc(C(N)=O)c(Nc4ccc(N5CCN(CC6CCN(C(=O)O)C6)CC5)c(F)c4)n3)C2)C1=O. The number of rotatable bonds is 8. The average Bonchev–Trinajstić information content (AvgIpc) is 3.64. The minimum atomic E-state index is -0.863. The van der Waals surface area contributed by atoms with Gasteiger partial charge in [-0.25, -0.2) is 14.0 Å². The van der Waals surface area contributed by atoms with Crippen molar-refractivity contribution in [2.45, 2.75) is 25.3 Å². The number of carbonyl (C=O) groups is 3. The Kier molecular flexibility index (Phi) is 8.74. The van der Waals surface area contributed by atoms with Crippen molar-refractivity contribution < 1.29 is 23.9 Å². The molecular weight excluding hydrogens is 585 g/mol. The number of piperazine rings is 1. The van der Waals surface area contributed by atoms with Crippen LogP contribution in [-0.2, 0) is 0 Å². The molecule has 4 N–H and O–H groups in total. The number of benzene rings is 1. The van der Waals surface area contributed by atoms with Gasteiger partial charge in [0.05, 0.1) is 11.7 Å². The number of aromatic nitrogens is 3. The van der Waals surface area contributed by atoms with Crippen LogP contribution in [-0.4, -0.2) is 143 Å². The van der Waals surface area contributed by atoms with Crippen molar-refractivity contribution in [2.75, 3.05) is 94.2 Å². The Bertz CT molecular complexity index is 1440. The fraction of sp³-hybridized carbons (Fsp3) is 0.586. The predicted octanol–water partition coefficient (Wildman–Crippen LogP) is 1.31. The van der Waals surface area contributed by atoms with Crippen LogP contribution in [0, 0.1) is 11.7 Å². The zero-order valence-corrected chi connectivity index (χ0v) is 25.4. The second-order valence-corrected chi connectivity index (χ2v) is 12.3. The highest BCUT2D eigenvalue weighted by atomic mass is 19.1. The van der Waals surface area contributed by atoms with Crippen LogP contribution in [0.15, 0.2) is 18.2 Å². The first kappa shape index (κ1) is 30.6. The normalized spacial score (nSPS) is 22.8. The quantitative estimate of drug-likeness (QED) is 0.387. The van der Waals surface area contributed by atoms with Gasteiger partial charge in [-0.2, -0.15) is 4.98 Å². The van der Waals surface area contributed by atoms with E-state index in [0.717, 1.165) is 38.9 Å². The number of carboxylic acid groups (broad SMARTS) is 1. The lowest BCUT2D eigenvalue weighted by atomic mass is 10.0. The molecule has 1 aromatic carbocycles. The molecule has 2 aromatic rings. The molecule has 0 radical (unpaired) electrons. The van der Waals surface area contributed by atoms with Crippen molar-refractivity contribution >= 4 is 41.2 Å². The lowest BCUT2D eigenvalue weighted by molar-refractivity contribution is 0.0995. The summed E-state index contributed by atoms with van der Waals surface area (Å²) in [7, 11) is 1.79. The molecule has 4 aliphatic rings. The van der Waals surface area contributed by atoms with Crippen LogP contribution in [0.3, 0.4) is 0 Å². The number of hydrogen-bond donors (Lipinski definition) is 3. The molecule has 2 atom stereocenters. The number of nitrogens with one attached hydrogen (secondary N) is 1. The Morgan fingerprint density at radius 1 is 1.02 bits per heavy atom. The number of piperidine rings is 1. The standard InChI is InChI=1S/C29H40FN11O4/c1-36-9-14-41(28(36)43)21-3-2-7-39(18-21)27-33-26(24(25(31)42)34-35-27)32-20-4-5-23(22(30)15-20)38-12-10-37(11-13-38)16-19-6-8-40(17-19)29(44)45/h4-5,15,19,21H,2-3,6-14,16-18H2,1H3,(H2,31,42)(H,44,45)(H,32,33,35)/t19?,21-/m1/s1. The van der Waals surface area contributed by atoms with Gasteiger partial charge in [0.15, 0.2) is 11.5 Å². The molecule has 15 nitrogen and oxygen atoms in total. The van der Waals surface area contributed by atoms with Crippen molar-refractivity contribution in [3.05, 3.63) is 29.7 Å².